The van der Waals surface area contributed by atoms with Gasteiger partial charge in [0.05, 0.1) is 13.2 Å². The molecule has 0 aliphatic carbocycles. The summed E-state index contributed by atoms with van der Waals surface area (Å²) >= 11 is 4.76. The van der Waals surface area contributed by atoms with Gasteiger partial charge in [0, 0.05) is 0 Å². The van der Waals surface area contributed by atoms with Crippen molar-refractivity contribution < 1.29 is 14.3 Å². The van der Waals surface area contributed by atoms with Crippen molar-refractivity contribution in [2.45, 2.75) is 6.92 Å². The van der Waals surface area contributed by atoms with E-state index >= 15 is 0 Å². The molecular formula is C7H9N3O3S. The molecule has 7 heteroatoms. The molecule has 1 aliphatic rings. The molecule has 0 atom stereocenters. The van der Waals surface area contributed by atoms with Crippen LogP contribution in [-0.4, -0.2) is 41.4 Å². The maximum atomic E-state index is 11.1. The fourth-order valence-electron chi connectivity index (χ4n) is 0.815. The molecule has 1 aliphatic heterocycles. The molecule has 0 unspecified atom stereocenters. The normalized spacial score (nSPS) is 16.2. The highest BCUT2D eigenvalue weighted by Gasteiger charge is 2.24. The van der Waals surface area contributed by atoms with Crippen LogP contribution < -0.4 is 5.32 Å². The van der Waals surface area contributed by atoms with E-state index in [-0.39, 0.29) is 24.2 Å². The van der Waals surface area contributed by atoms with Crippen LogP contribution in [0.5, 0.6) is 0 Å². The Kier molecular flexibility index (Phi) is 3.52. The first-order valence-corrected chi connectivity index (χ1v) is 4.37. The standard InChI is InChI=1S/C7H9N3O3S/c1-2-13-6(12)4-9-10-5(11)3-8-7(10)14/h4H,2-3H2,1H3,(H,8,14). The highest BCUT2D eigenvalue weighted by atomic mass is 32.1. The van der Waals surface area contributed by atoms with Gasteiger partial charge < -0.3 is 10.1 Å². The molecule has 0 saturated carbocycles. The van der Waals surface area contributed by atoms with E-state index in [0.717, 1.165) is 11.2 Å². The summed E-state index contributed by atoms with van der Waals surface area (Å²) in [4.78, 5) is 21.9. The fourth-order valence-corrected chi connectivity index (χ4v) is 1.04. The van der Waals surface area contributed by atoms with E-state index in [9.17, 15) is 9.59 Å². The van der Waals surface area contributed by atoms with Crippen molar-refractivity contribution >= 4 is 35.4 Å². The Morgan fingerprint density at radius 2 is 2.57 bits per heavy atom. The molecule has 1 rings (SSSR count). The number of hydrogen-bond acceptors (Lipinski definition) is 5. The van der Waals surface area contributed by atoms with Gasteiger partial charge in [-0.2, -0.15) is 10.1 Å². The number of carbonyl (C=O) groups is 2. The molecule has 0 aromatic heterocycles. The summed E-state index contributed by atoms with van der Waals surface area (Å²) in [7, 11) is 0. The molecule has 0 radical (unpaired) electrons. The van der Waals surface area contributed by atoms with Crippen molar-refractivity contribution in [1.29, 1.82) is 0 Å². The summed E-state index contributed by atoms with van der Waals surface area (Å²) in [6.45, 7) is 2.05. The van der Waals surface area contributed by atoms with Crippen LogP contribution in [0.4, 0.5) is 0 Å². The first kappa shape index (κ1) is 10.6. The number of hydrogen-bond donors (Lipinski definition) is 1. The summed E-state index contributed by atoms with van der Waals surface area (Å²) in [6, 6.07) is 0. The van der Waals surface area contributed by atoms with Gasteiger partial charge in [-0.05, 0) is 19.1 Å². The second kappa shape index (κ2) is 4.66. The van der Waals surface area contributed by atoms with Gasteiger partial charge in [-0.1, -0.05) is 0 Å². The first-order valence-electron chi connectivity index (χ1n) is 3.96. The third-order valence-corrected chi connectivity index (χ3v) is 1.70. The van der Waals surface area contributed by atoms with Crippen molar-refractivity contribution in [2.24, 2.45) is 5.10 Å². The van der Waals surface area contributed by atoms with Gasteiger partial charge in [0.15, 0.2) is 5.11 Å². The molecule has 0 aromatic rings. The van der Waals surface area contributed by atoms with Gasteiger partial charge in [0.1, 0.15) is 6.21 Å². The molecule has 1 saturated heterocycles. The van der Waals surface area contributed by atoms with E-state index < -0.39 is 5.97 Å². The van der Waals surface area contributed by atoms with Crippen molar-refractivity contribution in [2.75, 3.05) is 13.2 Å². The molecule has 1 amide bonds. The van der Waals surface area contributed by atoms with E-state index in [1.54, 1.807) is 6.92 Å². The number of ether oxygens (including phenoxy) is 1. The lowest BCUT2D eigenvalue weighted by Gasteiger charge is -2.05. The van der Waals surface area contributed by atoms with Crippen LogP contribution in [0.1, 0.15) is 6.92 Å². The smallest absolute Gasteiger partial charge is 0.351 e. The number of hydrazone groups is 1. The predicted molar refractivity (Wildman–Crippen MR) is 52.6 cm³/mol. The first-order chi connectivity index (χ1) is 6.65. The van der Waals surface area contributed by atoms with Gasteiger partial charge in [-0.3, -0.25) is 4.79 Å². The number of rotatable bonds is 3. The second-order valence-electron chi connectivity index (χ2n) is 2.36. The Morgan fingerprint density at radius 3 is 3.07 bits per heavy atom. The Morgan fingerprint density at radius 1 is 1.86 bits per heavy atom. The topological polar surface area (TPSA) is 71.0 Å². The number of thiocarbonyl (C=S) groups is 1. The quantitative estimate of drug-likeness (QED) is 0.381. The van der Waals surface area contributed by atoms with Crippen molar-refractivity contribution in [3.05, 3.63) is 0 Å². The predicted octanol–water partition coefficient (Wildman–Crippen LogP) is -0.748. The van der Waals surface area contributed by atoms with Gasteiger partial charge >= 0.3 is 5.97 Å². The van der Waals surface area contributed by atoms with Crippen LogP contribution in [0.3, 0.4) is 0 Å². The van der Waals surface area contributed by atoms with E-state index in [0.29, 0.717) is 0 Å². The number of esters is 1. The summed E-state index contributed by atoms with van der Waals surface area (Å²) in [6.07, 6.45) is 0.917. The Bertz CT molecular complexity index is 287. The van der Waals surface area contributed by atoms with Gasteiger partial charge in [-0.25, -0.2) is 4.79 Å². The molecule has 1 heterocycles. The minimum Gasteiger partial charge on any atom is -0.462 e. The highest BCUT2D eigenvalue weighted by Crippen LogP contribution is 1.98. The number of carbonyl (C=O) groups excluding carboxylic acids is 2. The maximum absolute atomic E-state index is 11.1. The lowest BCUT2D eigenvalue weighted by atomic mass is 10.6. The zero-order valence-electron chi connectivity index (χ0n) is 7.52. The van der Waals surface area contributed by atoms with Crippen LogP contribution in [0.15, 0.2) is 5.10 Å². The largest absolute Gasteiger partial charge is 0.462 e. The van der Waals surface area contributed by atoms with Crippen molar-refractivity contribution in [3.8, 4) is 0 Å². The van der Waals surface area contributed by atoms with E-state index in [2.05, 4.69) is 15.2 Å². The molecule has 14 heavy (non-hydrogen) atoms. The Labute approximate surface area is 85.9 Å². The minimum atomic E-state index is -0.602. The Balaban J connectivity index is 2.54. The van der Waals surface area contributed by atoms with Crippen LogP contribution in [-0.2, 0) is 14.3 Å². The van der Waals surface area contributed by atoms with Gasteiger partial charge in [-0.15, -0.1) is 0 Å². The van der Waals surface area contributed by atoms with Crippen molar-refractivity contribution in [3.63, 3.8) is 0 Å². The summed E-state index contributed by atoms with van der Waals surface area (Å²) in [5.74, 6) is -0.898. The lowest BCUT2D eigenvalue weighted by molar-refractivity contribution is -0.134. The zero-order valence-corrected chi connectivity index (χ0v) is 8.34. The molecule has 6 nitrogen and oxygen atoms in total. The Hall–Kier alpha value is -1.50. The summed E-state index contributed by atoms with van der Waals surface area (Å²) in [5.41, 5.74) is 0. The van der Waals surface area contributed by atoms with Crippen molar-refractivity contribution in [1.82, 2.24) is 10.3 Å². The number of nitrogens with zero attached hydrogens (tertiary/aromatic N) is 2. The molecular weight excluding hydrogens is 206 g/mol. The SMILES string of the molecule is CCOC(=O)C=NN1C(=O)CNC1=S. The van der Waals surface area contributed by atoms with Gasteiger partial charge in [0.2, 0.25) is 0 Å². The average molecular weight is 215 g/mol. The third-order valence-electron chi connectivity index (χ3n) is 1.38. The van der Waals surface area contributed by atoms with Crippen LogP contribution in [0, 0.1) is 0 Å². The highest BCUT2D eigenvalue weighted by molar-refractivity contribution is 7.80. The monoisotopic (exact) mass is 215 g/mol. The molecule has 1 fully saturated rings. The summed E-state index contributed by atoms with van der Waals surface area (Å²) in [5, 5.41) is 7.34. The molecule has 76 valence electrons. The van der Waals surface area contributed by atoms with E-state index in [4.69, 9.17) is 12.2 Å². The lowest BCUT2D eigenvalue weighted by Crippen LogP contribution is -2.26. The fraction of sp³-hybridized carbons (Fsp3) is 0.429. The van der Waals surface area contributed by atoms with Crippen LogP contribution in [0.2, 0.25) is 0 Å². The number of nitrogens with one attached hydrogen (secondary N) is 1. The van der Waals surface area contributed by atoms with Crippen LogP contribution >= 0.6 is 12.2 Å². The van der Waals surface area contributed by atoms with Gasteiger partial charge in [0.25, 0.3) is 5.91 Å². The maximum Gasteiger partial charge on any atom is 0.351 e. The summed E-state index contributed by atoms with van der Waals surface area (Å²) < 4.78 is 4.58. The molecule has 0 bridgehead atoms. The third kappa shape index (κ3) is 2.49. The molecule has 1 N–H and O–H groups in total. The van der Waals surface area contributed by atoms with E-state index in [1.807, 2.05) is 0 Å². The second-order valence-corrected chi connectivity index (χ2v) is 2.75. The molecule has 0 spiro atoms. The van der Waals surface area contributed by atoms with E-state index in [1.165, 1.54) is 0 Å². The van der Waals surface area contributed by atoms with Crippen LogP contribution in [0.25, 0.3) is 0 Å². The zero-order chi connectivity index (χ0) is 10.6. The number of amides is 1. The minimum absolute atomic E-state index is 0.110. The molecule has 0 aromatic carbocycles. The average Bonchev–Trinajstić information content (AvgIpc) is 2.44.